The molecule has 0 heterocycles. The molecule has 0 aromatic heterocycles. The van der Waals surface area contributed by atoms with Crippen molar-refractivity contribution in [1.29, 1.82) is 5.26 Å². The molecule has 2 aromatic rings. The molecule has 0 radical (unpaired) electrons. The summed E-state index contributed by atoms with van der Waals surface area (Å²) in [4.78, 5) is 12.5. The van der Waals surface area contributed by atoms with E-state index in [-0.39, 0.29) is 5.91 Å². The number of anilines is 1. The summed E-state index contributed by atoms with van der Waals surface area (Å²) in [6.45, 7) is 5.80. The molecule has 0 fully saturated rings. The molecule has 0 saturated carbocycles. The Bertz CT molecular complexity index is 737. The van der Waals surface area contributed by atoms with Crippen LogP contribution >= 0.6 is 11.6 Å². The minimum Gasteiger partial charge on any atom is -0.321 e. The fourth-order valence-corrected chi connectivity index (χ4v) is 2.58. The fraction of sp³-hybridized carbons (Fsp3) is 0.176. The van der Waals surface area contributed by atoms with Gasteiger partial charge in [0.25, 0.3) is 5.91 Å². The lowest BCUT2D eigenvalue weighted by Gasteiger charge is -2.12. The summed E-state index contributed by atoms with van der Waals surface area (Å²) in [6, 6.07) is 10.7. The van der Waals surface area contributed by atoms with Crippen LogP contribution in [-0.2, 0) is 0 Å². The van der Waals surface area contributed by atoms with Crippen molar-refractivity contribution in [2.45, 2.75) is 20.8 Å². The zero-order valence-electron chi connectivity index (χ0n) is 12.1. The van der Waals surface area contributed by atoms with E-state index in [0.717, 1.165) is 16.7 Å². The largest absolute Gasteiger partial charge is 0.321 e. The maximum atomic E-state index is 12.5. The Morgan fingerprint density at radius 1 is 1.14 bits per heavy atom. The Labute approximate surface area is 129 Å². The number of benzene rings is 2. The number of nitriles is 1. The molecule has 0 bridgehead atoms. The summed E-state index contributed by atoms with van der Waals surface area (Å²) in [5, 5.41) is 12.1. The second-order valence-corrected chi connectivity index (χ2v) is 5.44. The van der Waals surface area contributed by atoms with Crippen molar-refractivity contribution in [3.63, 3.8) is 0 Å². The van der Waals surface area contributed by atoms with Gasteiger partial charge in [0.1, 0.15) is 0 Å². The van der Waals surface area contributed by atoms with E-state index in [1.54, 1.807) is 18.2 Å². The van der Waals surface area contributed by atoms with Crippen LogP contribution in [0, 0.1) is 32.1 Å². The van der Waals surface area contributed by atoms with E-state index in [9.17, 15) is 4.79 Å². The summed E-state index contributed by atoms with van der Waals surface area (Å²) in [5.41, 5.74) is 4.48. The fourth-order valence-electron chi connectivity index (χ4n) is 2.41. The van der Waals surface area contributed by atoms with Crippen LogP contribution in [-0.4, -0.2) is 5.91 Å². The Morgan fingerprint density at radius 3 is 2.33 bits per heavy atom. The zero-order chi connectivity index (χ0) is 15.6. The van der Waals surface area contributed by atoms with Gasteiger partial charge in [0.2, 0.25) is 0 Å². The molecule has 2 rings (SSSR count). The van der Waals surface area contributed by atoms with Gasteiger partial charge in [0, 0.05) is 5.56 Å². The van der Waals surface area contributed by atoms with E-state index in [4.69, 9.17) is 16.9 Å². The first-order valence-electron chi connectivity index (χ1n) is 6.51. The summed E-state index contributed by atoms with van der Waals surface area (Å²) < 4.78 is 0. The number of hydrogen-bond acceptors (Lipinski definition) is 2. The molecule has 0 spiro atoms. The Morgan fingerprint density at radius 2 is 1.76 bits per heavy atom. The number of hydrogen-bond donors (Lipinski definition) is 1. The van der Waals surface area contributed by atoms with E-state index >= 15 is 0 Å². The monoisotopic (exact) mass is 298 g/mol. The third-order valence-electron chi connectivity index (χ3n) is 3.25. The van der Waals surface area contributed by atoms with Crippen LogP contribution in [0.4, 0.5) is 5.69 Å². The predicted octanol–water partition coefficient (Wildman–Crippen LogP) is 4.39. The first kappa shape index (κ1) is 15.1. The first-order chi connectivity index (χ1) is 9.92. The minimum atomic E-state index is -0.220. The van der Waals surface area contributed by atoms with Crippen molar-refractivity contribution in [3.8, 4) is 6.07 Å². The van der Waals surface area contributed by atoms with Gasteiger partial charge in [-0.1, -0.05) is 29.3 Å². The van der Waals surface area contributed by atoms with Gasteiger partial charge in [-0.2, -0.15) is 5.26 Å². The normalized spacial score (nSPS) is 10.0. The zero-order valence-corrected chi connectivity index (χ0v) is 12.9. The van der Waals surface area contributed by atoms with E-state index in [0.29, 0.717) is 21.8 Å². The molecule has 1 N–H and O–H groups in total. The van der Waals surface area contributed by atoms with Crippen LogP contribution in [0.1, 0.15) is 32.6 Å². The standard InChI is InChI=1S/C17H15ClN2O/c1-10-6-11(2)16(12(3)7-10)17(21)20-15-8-13(9-19)4-5-14(15)18/h4-8H,1-3H3,(H,20,21). The number of halogens is 1. The molecule has 3 nitrogen and oxygen atoms in total. The molecular formula is C17H15ClN2O. The first-order valence-corrected chi connectivity index (χ1v) is 6.89. The van der Waals surface area contributed by atoms with Crippen molar-refractivity contribution < 1.29 is 4.79 Å². The molecule has 4 heteroatoms. The van der Waals surface area contributed by atoms with Crippen molar-refractivity contribution in [3.05, 3.63) is 63.2 Å². The molecule has 106 valence electrons. The number of aryl methyl sites for hydroxylation is 3. The molecule has 21 heavy (non-hydrogen) atoms. The summed E-state index contributed by atoms with van der Waals surface area (Å²) in [5.74, 6) is -0.220. The smallest absolute Gasteiger partial charge is 0.256 e. The SMILES string of the molecule is Cc1cc(C)c(C(=O)Nc2cc(C#N)ccc2Cl)c(C)c1. The number of amides is 1. The average molecular weight is 299 g/mol. The van der Waals surface area contributed by atoms with Crippen molar-refractivity contribution >= 4 is 23.2 Å². The summed E-state index contributed by atoms with van der Waals surface area (Å²) in [7, 11) is 0. The molecule has 0 unspecified atom stereocenters. The van der Waals surface area contributed by atoms with E-state index in [2.05, 4.69) is 5.32 Å². The molecule has 0 aliphatic carbocycles. The third-order valence-corrected chi connectivity index (χ3v) is 3.58. The molecule has 0 aliphatic rings. The van der Waals surface area contributed by atoms with Crippen molar-refractivity contribution in [2.24, 2.45) is 0 Å². The average Bonchev–Trinajstić information content (AvgIpc) is 2.40. The maximum Gasteiger partial charge on any atom is 0.256 e. The molecular weight excluding hydrogens is 284 g/mol. The van der Waals surface area contributed by atoms with Gasteiger partial charge in [-0.25, -0.2) is 0 Å². The van der Waals surface area contributed by atoms with Crippen LogP contribution in [0.2, 0.25) is 5.02 Å². The molecule has 0 aliphatic heterocycles. The Hall–Kier alpha value is -2.31. The number of nitrogens with zero attached hydrogens (tertiary/aromatic N) is 1. The van der Waals surface area contributed by atoms with Gasteiger partial charge in [0.05, 0.1) is 22.3 Å². The second kappa shape index (κ2) is 5.99. The van der Waals surface area contributed by atoms with Gasteiger partial charge >= 0.3 is 0 Å². The summed E-state index contributed by atoms with van der Waals surface area (Å²) >= 11 is 6.07. The predicted molar refractivity (Wildman–Crippen MR) is 84.8 cm³/mol. The van der Waals surface area contributed by atoms with Gasteiger partial charge < -0.3 is 5.32 Å². The van der Waals surface area contributed by atoms with E-state index in [1.165, 1.54) is 0 Å². The van der Waals surface area contributed by atoms with Crippen LogP contribution < -0.4 is 5.32 Å². The molecule has 1 amide bonds. The van der Waals surface area contributed by atoms with E-state index < -0.39 is 0 Å². The summed E-state index contributed by atoms with van der Waals surface area (Å²) in [6.07, 6.45) is 0. The lowest BCUT2D eigenvalue weighted by molar-refractivity contribution is 0.102. The number of carbonyl (C=O) groups excluding carboxylic acids is 1. The Kier molecular flexibility index (Phi) is 4.30. The topological polar surface area (TPSA) is 52.9 Å². The molecule has 2 aromatic carbocycles. The van der Waals surface area contributed by atoms with E-state index in [1.807, 2.05) is 39.0 Å². The van der Waals surface area contributed by atoms with Crippen LogP contribution in [0.5, 0.6) is 0 Å². The van der Waals surface area contributed by atoms with Crippen LogP contribution in [0.25, 0.3) is 0 Å². The maximum absolute atomic E-state index is 12.5. The number of nitrogens with one attached hydrogen (secondary N) is 1. The van der Waals surface area contributed by atoms with Crippen LogP contribution in [0.15, 0.2) is 30.3 Å². The number of carbonyl (C=O) groups is 1. The van der Waals surface area contributed by atoms with Crippen molar-refractivity contribution in [1.82, 2.24) is 0 Å². The molecule has 0 atom stereocenters. The highest BCUT2D eigenvalue weighted by Gasteiger charge is 2.14. The van der Waals surface area contributed by atoms with Crippen LogP contribution in [0.3, 0.4) is 0 Å². The highest BCUT2D eigenvalue weighted by molar-refractivity contribution is 6.34. The highest BCUT2D eigenvalue weighted by Crippen LogP contribution is 2.25. The third kappa shape index (κ3) is 3.24. The van der Waals surface area contributed by atoms with Crippen molar-refractivity contribution in [2.75, 3.05) is 5.32 Å². The lowest BCUT2D eigenvalue weighted by Crippen LogP contribution is -2.15. The van der Waals surface area contributed by atoms with Gasteiger partial charge in [-0.05, 0) is 50.1 Å². The minimum absolute atomic E-state index is 0.220. The lowest BCUT2D eigenvalue weighted by atomic mass is 9.99. The second-order valence-electron chi connectivity index (χ2n) is 5.03. The number of rotatable bonds is 2. The van der Waals surface area contributed by atoms with Gasteiger partial charge in [-0.3, -0.25) is 4.79 Å². The van der Waals surface area contributed by atoms with Gasteiger partial charge in [-0.15, -0.1) is 0 Å². The van der Waals surface area contributed by atoms with Gasteiger partial charge in [0.15, 0.2) is 0 Å². The highest BCUT2D eigenvalue weighted by atomic mass is 35.5. The Balaban J connectivity index is 2.37. The quantitative estimate of drug-likeness (QED) is 0.894. The molecule has 0 saturated heterocycles.